The van der Waals surface area contributed by atoms with Crippen molar-refractivity contribution in [3.8, 4) is 11.5 Å². The first-order valence-electron chi connectivity index (χ1n) is 9.82. The summed E-state index contributed by atoms with van der Waals surface area (Å²) in [5.74, 6) is 1.09. The van der Waals surface area contributed by atoms with Gasteiger partial charge in [0.05, 0.1) is 12.6 Å². The molecule has 1 aliphatic rings. The lowest BCUT2D eigenvalue weighted by Gasteiger charge is -2.38. The fourth-order valence-corrected chi connectivity index (χ4v) is 3.90. The Labute approximate surface area is 185 Å². The lowest BCUT2D eigenvalue weighted by Crippen LogP contribution is -2.49. The van der Waals surface area contributed by atoms with Crippen LogP contribution in [0.3, 0.4) is 0 Å². The molecule has 3 rings (SSSR count). The van der Waals surface area contributed by atoms with E-state index in [1.807, 2.05) is 36.4 Å². The number of ether oxygens (including phenoxy) is 3. The van der Waals surface area contributed by atoms with Gasteiger partial charge >= 0.3 is 0 Å². The topological polar surface area (TPSA) is 56.8 Å². The number of halogens is 1. The number of carbonyl (C=O) groups is 1. The second kappa shape index (κ2) is 10.5. The summed E-state index contributed by atoms with van der Waals surface area (Å²) in [6.45, 7) is 5.27. The van der Waals surface area contributed by atoms with Crippen molar-refractivity contribution in [1.82, 2.24) is 5.32 Å². The summed E-state index contributed by atoms with van der Waals surface area (Å²) in [6, 6.07) is 13.6. The molecule has 1 fully saturated rings. The van der Waals surface area contributed by atoms with E-state index >= 15 is 0 Å². The van der Waals surface area contributed by atoms with Crippen LogP contribution in [0.4, 0.5) is 0 Å². The fourth-order valence-electron chi connectivity index (χ4n) is 3.50. The van der Waals surface area contributed by atoms with Crippen LogP contribution in [0.5, 0.6) is 11.5 Å². The van der Waals surface area contributed by atoms with E-state index in [2.05, 4.69) is 33.9 Å². The number of hydrogen-bond acceptors (Lipinski definition) is 4. The number of methoxy groups -OCH3 is 1. The number of hydrogen-bond donors (Lipinski definition) is 1. The Morgan fingerprint density at radius 3 is 2.73 bits per heavy atom. The Morgan fingerprint density at radius 1 is 1.23 bits per heavy atom. The third-order valence-corrected chi connectivity index (χ3v) is 5.55. The number of carbonyl (C=O) groups excluding carboxylic acids is 1. The van der Waals surface area contributed by atoms with Gasteiger partial charge in [-0.05, 0) is 54.3 Å². The molecule has 1 N–H and O–H groups in total. The van der Waals surface area contributed by atoms with Crippen LogP contribution < -0.4 is 14.8 Å². The maximum Gasteiger partial charge on any atom is 0.244 e. The first-order chi connectivity index (χ1) is 14.6. The van der Waals surface area contributed by atoms with Gasteiger partial charge in [0, 0.05) is 23.8 Å². The van der Waals surface area contributed by atoms with Crippen molar-refractivity contribution in [3.63, 3.8) is 0 Å². The van der Waals surface area contributed by atoms with Gasteiger partial charge in [-0.3, -0.25) is 4.79 Å². The number of nitrogens with one attached hydrogen (secondary N) is 1. The molecule has 0 radical (unpaired) electrons. The zero-order valence-electron chi connectivity index (χ0n) is 17.0. The predicted octanol–water partition coefficient (Wildman–Crippen LogP) is 4.86. The molecule has 5 nitrogen and oxygen atoms in total. The molecule has 0 aromatic heterocycles. The molecule has 1 aliphatic heterocycles. The van der Waals surface area contributed by atoms with Crippen LogP contribution in [-0.4, -0.2) is 32.8 Å². The molecular weight excluding hydrogens is 446 g/mol. The van der Waals surface area contributed by atoms with Gasteiger partial charge in [0.15, 0.2) is 11.5 Å². The van der Waals surface area contributed by atoms with E-state index in [1.54, 1.807) is 25.3 Å². The third kappa shape index (κ3) is 5.52. The van der Waals surface area contributed by atoms with Gasteiger partial charge < -0.3 is 19.5 Å². The Kier molecular flexibility index (Phi) is 7.71. The highest BCUT2D eigenvalue weighted by atomic mass is 79.9. The summed E-state index contributed by atoms with van der Waals surface area (Å²) >= 11 is 3.53. The number of benzene rings is 2. The number of amides is 1. The molecule has 2 aromatic rings. The normalized spacial score (nSPS) is 15.5. The van der Waals surface area contributed by atoms with Gasteiger partial charge in [-0.25, -0.2) is 0 Å². The molecule has 0 saturated carbocycles. The quantitative estimate of drug-likeness (QED) is 0.441. The molecule has 0 spiro atoms. The van der Waals surface area contributed by atoms with Crippen LogP contribution in [-0.2, 0) is 15.1 Å². The van der Waals surface area contributed by atoms with Gasteiger partial charge in [0.2, 0.25) is 5.91 Å². The monoisotopic (exact) mass is 471 g/mol. The lowest BCUT2D eigenvalue weighted by atomic mass is 9.82. The van der Waals surface area contributed by atoms with E-state index in [0.717, 1.165) is 28.4 Å². The second-order valence-corrected chi connectivity index (χ2v) is 7.95. The molecule has 0 bridgehead atoms. The molecule has 0 atom stereocenters. The highest BCUT2D eigenvalue weighted by molar-refractivity contribution is 9.10. The van der Waals surface area contributed by atoms with Crippen molar-refractivity contribution in [2.24, 2.45) is 0 Å². The molecule has 0 aliphatic carbocycles. The van der Waals surface area contributed by atoms with Crippen LogP contribution >= 0.6 is 15.9 Å². The highest BCUT2D eigenvalue weighted by Gasteiger charge is 2.35. The largest absolute Gasteiger partial charge is 0.493 e. The van der Waals surface area contributed by atoms with E-state index in [-0.39, 0.29) is 5.91 Å². The molecule has 1 amide bonds. The van der Waals surface area contributed by atoms with E-state index in [0.29, 0.717) is 31.3 Å². The van der Waals surface area contributed by atoms with Gasteiger partial charge in [-0.2, -0.15) is 0 Å². The van der Waals surface area contributed by atoms with Crippen molar-refractivity contribution in [1.29, 1.82) is 0 Å². The van der Waals surface area contributed by atoms with E-state index in [9.17, 15) is 4.79 Å². The van der Waals surface area contributed by atoms with E-state index in [1.165, 1.54) is 0 Å². The Bertz CT molecular complexity index is 919. The van der Waals surface area contributed by atoms with Gasteiger partial charge in [-0.1, -0.05) is 46.8 Å². The van der Waals surface area contributed by atoms with Crippen molar-refractivity contribution >= 4 is 27.9 Å². The summed E-state index contributed by atoms with van der Waals surface area (Å²) in [4.78, 5) is 12.8. The number of rotatable bonds is 8. The molecule has 0 unspecified atom stereocenters. The third-order valence-electron chi connectivity index (χ3n) is 5.06. The molecule has 2 aromatic carbocycles. The minimum Gasteiger partial charge on any atom is -0.493 e. The summed E-state index contributed by atoms with van der Waals surface area (Å²) < 4.78 is 17.5. The van der Waals surface area contributed by atoms with Gasteiger partial charge in [-0.15, -0.1) is 0 Å². The Morgan fingerprint density at radius 2 is 2.03 bits per heavy atom. The Balaban J connectivity index is 1.75. The smallest absolute Gasteiger partial charge is 0.244 e. The fraction of sp³-hybridized carbons (Fsp3) is 0.292. The van der Waals surface area contributed by atoms with Crippen LogP contribution in [0.15, 0.2) is 65.7 Å². The molecule has 6 heteroatoms. The van der Waals surface area contributed by atoms with Crippen LogP contribution in [0, 0.1) is 0 Å². The van der Waals surface area contributed by atoms with Crippen LogP contribution in [0.25, 0.3) is 6.08 Å². The minimum atomic E-state index is -0.441. The zero-order chi connectivity index (χ0) is 21.4. The molecule has 1 saturated heterocycles. The average Bonchev–Trinajstić information content (AvgIpc) is 2.77. The van der Waals surface area contributed by atoms with Crippen LogP contribution in [0.1, 0.15) is 24.0 Å². The first-order valence-corrected chi connectivity index (χ1v) is 10.6. The standard InChI is InChI=1S/C24H26BrNO4/c1-3-13-30-21-9-7-18(16-22(21)28-2)8-10-23(27)26-24(11-14-29-15-12-24)19-5-4-6-20(25)17-19/h3-10,16-17H,1,11-15H2,2H3,(H,26,27)/b10-8+. The summed E-state index contributed by atoms with van der Waals surface area (Å²) in [5.41, 5.74) is 1.48. The maximum absolute atomic E-state index is 12.8. The second-order valence-electron chi connectivity index (χ2n) is 7.04. The van der Waals surface area contributed by atoms with Crippen molar-refractivity contribution in [2.75, 3.05) is 26.9 Å². The molecule has 30 heavy (non-hydrogen) atoms. The summed E-state index contributed by atoms with van der Waals surface area (Å²) in [6.07, 6.45) is 6.45. The van der Waals surface area contributed by atoms with Crippen molar-refractivity contribution < 1.29 is 19.0 Å². The van der Waals surface area contributed by atoms with Crippen molar-refractivity contribution in [3.05, 3.63) is 76.8 Å². The Hall–Kier alpha value is -2.57. The summed E-state index contributed by atoms with van der Waals surface area (Å²) in [7, 11) is 1.59. The van der Waals surface area contributed by atoms with Gasteiger partial charge in [0.1, 0.15) is 6.61 Å². The maximum atomic E-state index is 12.8. The SMILES string of the molecule is C=CCOc1ccc(/C=C/C(=O)NC2(c3cccc(Br)c3)CCOCC2)cc1OC. The lowest BCUT2D eigenvalue weighted by molar-refractivity contribution is -0.119. The van der Waals surface area contributed by atoms with Crippen LogP contribution in [0.2, 0.25) is 0 Å². The van der Waals surface area contributed by atoms with E-state index in [4.69, 9.17) is 14.2 Å². The summed E-state index contributed by atoms with van der Waals surface area (Å²) in [5, 5.41) is 3.22. The molecular formula is C24H26BrNO4. The molecule has 158 valence electrons. The van der Waals surface area contributed by atoms with Gasteiger partial charge in [0.25, 0.3) is 0 Å². The minimum absolute atomic E-state index is 0.150. The molecule has 1 heterocycles. The first kappa shape index (κ1) is 22.1. The average molecular weight is 472 g/mol. The predicted molar refractivity (Wildman–Crippen MR) is 122 cm³/mol. The van der Waals surface area contributed by atoms with E-state index < -0.39 is 5.54 Å². The zero-order valence-corrected chi connectivity index (χ0v) is 18.6. The highest BCUT2D eigenvalue weighted by Crippen LogP contribution is 2.34. The van der Waals surface area contributed by atoms with Crippen molar-refractivity contribution in [2.45, 2.75) is 18.4 Å².